The number of hydrogen-bond donors (Lipinski definition) is 1. The lowest BCUT2D eigenvalue weighted by Crippen LogP contribution is -2.12. The summed E-state index contributed by atoms with van der Waals surface area (Å²) >= 11 is 0. The van der Waals surface area contributed by atoms with E-state index in [4.69, 9.17) is 4.74 Å². The summed E-state index contributed by atoms with van der Waals surface area (Å²) in [5, 5.41) is 3.26. The number of pyridine rings is 1. The second kappa shape index (κ2) is 6.34. The maximum Gasteiger partial charge on any atom is 0.130 e. The highest BCUT2D eigenvalue weighted by Gasteiger charge is 2.03. The third-order valence-corrected chi connectivity index (χ3v) is 2.90. The molecule has 0 spiro atoms. The lowest BCUT2D eigenvalue weighted by molar-refractivity contribution is 0.476. The molecule has 0 saturated heterocycles. The van der Waals surface area contributed by atoms with Crippen LogP contribution in [0.25, 0.3) is 0 Å². The Balaban J connectivity index is 2.14. The fourth-order valence-electron chi connectivity index (χ4n) is 1.91. The van der Waals surface area contributed by atoms with E-state index >= 15 is 0 Å². The van der Waals surface area contributed by atoms with Gasteiger partial charge in [0.15, 0.2) is 0 Å². The van der Waals surface area contributed by atoms with Crippen molar-refractivity contribution in [2.24, 2.45) is 0 Å². The highest BCUT2D eigenvalue weighted by molar-refractivity contribution is 5.39. The van der Waals surface area contributed by atoms with Gasteiger partial charge >= 0.3 is 0 Å². The van der Waals surface area contributed by atoms with Gasteiger partial charge < -0.3 is 10.1 Å². The Bertz CT molecular complexity index is 552. The molecule has 1 aromatic heterocycles. The first kappa shape index (κ1) is 13.6. The van der Waals surface area contributed by atoms with Crippen LogP contribution in [0, 0.1) is 13.8 Å². The van der Waals surface area contributed by atoms with Crippen LogP contribution in [-0.4, -0.2) is 11.5 Å². The maximum atomic E-state index is 5.92. The Morgan fingerprint density at radius 1 is 1.16 bits per heavy atom. The second-order valence-corrected chi connectivity index (χ2v) is 4.63. The number of hydrogen-bond acceptors (Lipinski definition) is 3. The third-order valence-electron chi connectivity index (χ3n) is 2.90. The van der Waals surface area contributed by atoms with Crippen molar-refractivity contribution in [3.63, 3.8) is 0 Å². The molecule has 3 nitrogen and oxygen atoms in total. The standard InChI is InChI=1S/C16H20N2O/c1-4-17-11-14-10-15(7-8-18-14)19-16-6-5-12(2)9-13(16)3/h5-10,17H,4,11H2,1-3H3. The molecule has 2 aromatic rings. The van der Waals surface area contributed by atoms with Gasteiger partial charge in [-0.15, -0.1) is 0 Å². The van der Waals surface area contributed by atoms with Crippen LogP contribution >= 0.6 is 0 Å². The Morgan fingerprint density at radius 2 is 2.00 bits per heavy atom. The molecule has 3 heteroatoms. The predicted octanol–water partition coefficient (Wildman–Crippen LogP) is 3.60. The van der Waals surface area contributed by atoms with Gasteiger partial charge in [-0.05, 0) is 38.1 Å². The van der Waals surface area contributed by atoms with E-state index in [0.717, 1.165) is 35.8 Å². The van der Waals surface area contributed by atoms with Crippen LogP contribution in [0.1, 0.15) is 23.7 Å². The van der Waals surface area contributed by atoms with Crippen LogP contribution in [0.4, 0.5) is 0 Å². The molecular formula is C16H20N2O. The minimum Gasteiger partial charge on any atom is -0.457 e. The molecule has 0 aliphatic carbocycles. The molecule has 100 valence electrons. The second-order valence-electron chi connectivity index (χ2n) is 4.63. The van der Waals surface area contributed by atoms with Gasteiger partial charge in [-0.3, -0.25) is 4.98 Å². The molecule has 0 bridgehead atoms. The first-order chi connectivity index (χ1) is 9.19. The first-order valence-corrected chi connectivity index (χ1v) is 6.60. The average Bonchev–Trinajstić information content (AvgIpc) is 2.40. The molecule has 0 amide bonds. The van der Waals surface area contributed by atoms with Crippen molar-refractivity contribution in [2.75, 3.05) is 6.54 Å². The van der Waals surface area contributed by atoms with Crippen molar-refractivity contribution in [3.05, 3.63) is 53.3 Å². The summed E-state index contributed by atoms with van der Waals surface area (Å²) in [6.45, 7) is 7.92. The van der Waals surface area contributed by atoms with Gasteiger partial charge in [0.2, 0.25) is 0 Å². The van der Waals surface area contributed by atoms with E-state index in [-0.39, 0.29) is 0 Å². The van der Waals surface area contributed by atoms with Crippen LogP contribution in [0.2, 0.25) is 0 Å². The van der Waals surface area contributed by atoms with Crippen molar-refractivity contribution in [3.8, 4) is 11.5 Å². The van der Waals surface area contributed by atoms with E-state index < -0.39 is 0 Å². The highest BCUT2D eigenvalue weighted by Crippen LogP contribution is 2.25. The van der Waals surface area contributed by atoms with Crippen LogP contribution in [0.5, 0.6) is 11.5 Å². The molecule has 0 radical (unpaired) electrons. The minimum absolute atomic E-state index is 0.764. The molecule has 1 N–H and O–H groups in total. The number of ether oxygens (including phenoxy) is 1. The van der Waals surface area contributed by atoms with E-state index in [9.17, 15) is 0 Å². The quantitative estimate of drug-likeness (QED) is 0.887. The molecular weight excluding hydrogens is 236 g/mol. The Hall–Kier alpha value is -1.87. The molecule has 0 atom stereocenters. The van der Waals surface area contributed by atoms with Crippen LogP contribution in [-0.2, 0) is 6.54 Å². The Morgan fingerprint density at radius 3 is 2.74 bits per heavy atom. The van der Waals surface area contributed by atoms with Gasteiger partial charge in [0.05, 0.1) is 5.69 Å². The van der Waals surface area contributed by atoms with E-state index in [1.807, 2.05) is 18.2 Å². The SMILES string of the molecule is CCNCc1cc(Oc2ccc(C)cc2C)ccn1. The van der Waals surface area contributed by atoms with Crippen molar-refractivity contribution >= 4 is 0 Å². The number of benzene rings is 1. The lowest BCUT2D eigenvalue weighted by Gasteiger charge is -2.10. The summed E-state index contributed by atoms with van der Waals surface area (Å²) in [4.78, 5) is 4.31. The van der Waals surface area contributed by atoms with E-state index in [1.54, 1.807) is 6.20 Å². The third kappa shape index (κ3) is 3.80. The number of rotatable bonds is 5. The van der Waals surface area contributed by atoms with Crippen molar-refractivity contribution in [1.82, 2.24) is 10.3 Å². The van der Waals surface area contributed by atoms with Gasteiger partial charge in [-0.25, -0.2) is 0 Å². The minimum atomic E-state index is 0.764. The van der Waals surface area contributed by atoms with E-state index in [1.165, 1.54) is 5.56 Å². The summed E-state index contributed by atoms with van der Waals surface area (Å²) < 4.78 is 5.92. The molecule has 19 heavy (non-hydrogen) atoms. The highest BCUT2D eigenvalue weighted by atomic mass is 16.5. The number of nitrogens with one attached hydrogen (secondary N) is 1. The van der Waals surface area contributed by atoms with Crippen LogP contribution in [0.15, 0.2) is 36.5 Å². The molecule has 0 aliphatic heterocycles. The zero-order valence-corrected chi connectivity index (χ0v) is 11.7. The van der Waals surface area contributed by atoms with Crippen LogP contribution < -0.4 is 10.1 Å². The average molecular weight is 256 g/mol. The molecule has 0 saturated carbocycles. The fraction of sp³-hybridized carbons (Fsp3) is 0.312. The Labute approximate surface area is 114 Å². The van der Waals surface area contributed by atoms with E-state index in [2.05, 4.69) is 43.2 Å². The summed E-state index contributed by atoms with van der Waals surface area (Å²) in [6.07, 6.45) is 1.78. The molecule has 1 aromatic carbocycles. The molecule has 0 unspecified atom stereocenters. The van der Waals surface area contributed by atoms with Gasteiger partial charge in [-0.1, -0.05) is 24.6 Å². The molecule has 1 heterocycles. The molecule has 2 rings (SSSR count). The topological polar surface area (TPSA) is 34.1 Å². The van der Waals surface area contributed by atoms with Crippen LogP contribution in [0.3, 0.4) is 0 Å². The van der Waals surface area contributed by atoms with Crippen molar-refractivity contribution in [1.29, 1.82) is 0 Å². The normalized spacial score (nSPS) is 10.5. The lowest BCUT2D eigenvalue weighted by atomic mass is 10.1. The number of aryl methyl sites for hydroxylation is 2. The largest absolute Gasteiger partial charge is 0.457 e. The Kier molecular flexibility index (Phi) is 4.53. The van der Waals surface area contributed by atoms with E-state index in [0.29, 0.717) is 0 Å². The molecule has 0 aliphatic rings. The zero-order valence-electron chi connectivity index (χ0n) is 11.7. The van der Waals surface area contributed by atoms with Gasteiger partial charge in [0.25, 0.3) is 0 Å². The predicted molar refractivity (Wildman–Crippen MR) is 77.6 cm³/mol. The molecule has 0 fully saturated rings. The smallest absolute Gasteiger partial charge is 0.130 e. The number of nitrogens with zero attached hydrogens (tertiary/aromatic N) is 1. The van der Waals surface area contributed by atoms with Gasteiger partial charge in [0.1, 0.15) is 11.5 Å². The fourth-order valence-corrected chi connectivity index (χ4v) is 1.91. The summed E-state index contributed by atoms with van der Waals surface area (Å²) in [5.74, 6) is 1.72. The maximum absolute atomic E-state index is 5.92. The van der Waals surface area contributed by atoms with Gasteiger partial charge in [-0.2, -0.15) is 0 Å². The van der Waals surface area contributed by atoms with Gasteiger partial charge in [0, 0.05) is 18.8 Å². The number of aromatic nitrogens is 1. The summed E-state index contributed by atoms with van der Waals surface area (Å²) in [6, 6.07) is 10.0. The van der Waals surface area contributed by atoms with Crippen molar-refractivity contribution in [2.45, 2.75) is 27.3 Å². The summed E-state index contributed by atoms with van der Waals surface area (Å²) in [7, 11) is 0. The zero-order chi connectivity index (χ0) is 13.7. The summed E-state index contributed by atoms with van der Waals surface area (Å²) in [5.41, 5.74) is 3.38. The monoisotopic (exact) mass is 256 g/mol. The van der Waals surface area contributed by atoms with Crippen molar-refractivity contribution < 1.29 is 4.74 Å². The first-order valence-electron chi connectivity index (χ1n) is 6.60.